The molecule has 0 amide bonds. The fourth-order valence-electron chi connectivity index (χ4n) is 5.45. The molecule has 4 heterocycles. The zero-order chi connectivity index (χ0) is 25.1. The van der Waals surface area contributed by atoms with Crippen LogP contribution in [0.5, 0.6) is 11.8 Å². The number of nitriles is 1. The summed E-state index contributed by atoms with van der Waals surface area (Å²) in [7, 11) is 3.69. The Morgan fingerprint density at radius 3 is 2.92 bits per heavy atom. The lowest BCUT2D eigenvalue weighted by Crippen LogP contribution is -2.51. The van der Waals surface area contributed by atoms with E-state index in [0.717, 1.165) is 43.1 Å². The van der Waals surface area contributed by atoms with Crippen LogP contribution in [0.25, 0.3) is 0 Å². The quantitative estimate of drug-likeness (QED) is 0.593. The van der Waals surface area contributed by atoms with Crippen LogP contribution in [0.2, 0.25) is 0 Å². The molecule has 1 aromatic heterocycles. The van der Waals surface area contributed by atoms with Crippen LogP contribution in [-0.4, -0.2) is 78.8 Å². The van der Waals surface area contributed by atoms with Gasteiger partial charge in [-0.05, 0) is 38.6 Å². The van der Waals surface area contributed by atoms with Gasteiger partial charge in [0.1, 0.15) is 24.0 Å². The Kier molecular flexibility index (Phi) is 7.51. The maximum atomic E-state index is 14.6. The second-order valence-electron chi connectivity index (χ2n) is 9.87. The molecule has 36 heavy (non-hydrogen) atoms. The van der Waals surface area contributed by atoms with Crippen molar-refractivity contribution >= 4 is 5.82 Å². The van der Waals surface area contributed by atoms with Crippen molar-refractivity contribution in [3.8, 4) is 17.8 Å². The SMILES string of the molecule is COc1cccc(F)c1CN1Cc2nc(OC[C@@H]3CCCN3C)nc(N3CCN[C@@H](CC#N)C3)c2C1. The average Bonchev–Trinajstić information content (AvgIpc) is 3.49. The lowest BCUT2D eigenvalue weighted by molar-refractivity contribution is 0.187. The van der Waals surface area contributed by atoms with Gasteiger partial charge in [-0.15, -0.1) is 0 Å². The number of rotatable bonds is 8. The molecular formula is C26H34FN7O2. The number of anilines is 1. The number of hydrogen-bond donors (Lipinski definition) is 1. The van der Waals surface area contributed by atoms with Gasteiger partial charge in [0.15, 0.2) is 0 Å². The number of nitrogens with zero attached hydrogens (tertiary/aromatic N) is 6. The summed E-state index contributed by atoms with van der Waals surface area (Å²) >= 11 is 0. The molecule has 10 heteroatoms. The van der Waals surface area contributed by atoms with Crippen LogP contribution < -0.4 is 19.7 Å². The first-order valence-electron chi connectivity index (χ1n) is 12.7. The molecule has 0 unspecified atom stereocenters. The molecule has 2 atom stereocenters. The van der Waals surface area contributed by atoms with E-state index in [1.807, 2.05) is 0 Å². The first-order valence-corrected chi connectivity index (χ1v) is 12.7. The minimum absolute atomic E-state index is 0.0889. The fourth-order valence-corrected chi connectivity index (χ4v) is 5.45. The summed E-state index contributed by atoms with van der Waals surface area (Å²) in [5.41, 5.74) is 2.51. The van der Waals surface area contributed by atoms with Crippen LogP contribution >= 0.6 is 0 Å². The Bertz CT molecular complexity index is 1120. The van der Waals surface area contributed by atoms with E-state index >= 15 is 0 Å². The van der Waals surface area contributed by atoms with Gasteiger partial charge in [0.2, 0.25) is 0 Å². The Labute approximate surface area is 211 Å². The highest BCUT2D eigenvalue weighted by Gasteiger charge is 2.31. The van der Waals surface area contributed by atoms with E-state index in [4.69, 9.17) is 19.4 Å². The minimum atomic E-state index is -0.275. The molecule has 3 aliphatic rings. The topological polar surface area (TPSA) is 89.8 Å². The molecule has 3 aliphatic heterocycles. The largest absolute Gasteiger partial charge is 0.496 e. The number of benzene rings is 1. The summed E-state index contributed by atoms with van der Waals surface area (Å²) in [6, 6.07) is 8.04. The third-order valence-electron chi connectivity index (χ3n) is 7.45. The first kappa shape index (κ1) is 24.7. The van der Waals surface area contributed by atoms with Gasteiger partial charge < -0.3 is 24.6 Å². The molecule has 2 saturated heterocycles. The third-order valence-corrected chi connectivity index (χ3v) is 7.45. The lowest BCUT2D eigenvalue weighted by Gasteiger charge is -2.34. The van der Waals surface area contributed by atoms with Crippen molar-refractivity contribution in [1.82, 2.24) is 25.1 Å². The van der Waals surface area contributed by atoms with Crippen molar-refractivity contribution in [3.05, 3.63) is 40.8 Å². The van der Waals surface area contributed by atoms with E-state index < -0.39 is 0 Å². The molecule has 1 aromatic carbocycles. The Morgan fingerprint density at radius 2 is 2.14 bits per heavy atom. The standard InChI is InChI=1S/C26H34FN7O2/c1-32-11-4-5-19(32)17-36-26-30-23-16-33(14-20-22(27)6-3-7-24(20)35-2)15-21(23)25(31-26)34-12-10-29-18(13-34)8-9-28/h3,6-7,18-19,29H,4-5,8,10-17H2,1-2H3/t18-,19-/m0/s1. The van der Waals surface area contributed by atoms with E-state index in [0.29, 0.717) is 62.6 Å². The van der Waals surface area contributed by atoms with Crippen molar-refractivity contribution in [1.29, 1.82) is 5.26 Å². The molecule has 1 N–H and O–H groups in total. The lowest BCUT2D eigenvalue weighted by atomic mass is 10.1. The van der Waals surface area contributed by atoms with Crippen LogP contribution in [0.15, 0.2) is 18.2 Å². The molecule has 0 aliphatic carbocycles. The van der Waals surface area contributed by atoms with Crippen LogP contribution in [0.3, 0.4) is 0 Å². The van der Waals surface area contributed by atoms with E-state index in [2.05, 4.69) is 33.1 Å². The number of methoxy groups -OCH3 is 1. The summed E-state index contributed by atoms with van der Waals surface area (Å²) in [6.07, 6.45) is 2.73. The van der Waals surface area contributed by atoms with Gasteiger partial charge in [-0.1, -0.05) is 6.07 Å². The smallest absolute Gasteiger partial charge is 0.318 e. The first-order chi connectivity index (χ1) is 17.6. The number of aromatic nitrogens is 2. The van der Waals surface area contributed by atoms with Crippen molar-refractivity contribution in [2.24, 2.45) is 0 Å². The molecule has 0 spiro atoms. The molecule has 0 radical (unpaired) electrons. The van der Waals surface area contributed by atoms with Crippen molar-refractivity contribution in [3.63, 3.8) is 0 Å². The molecule has 9 nitrogen and oxygen atoms in total. The maximum absolute atomic E-state index is 14.6. The number of halogens is 1. The molecular weight excluding hydrogens is 461 g/mol. The zero-order valence-corrected chi connectivity index (χ0v) is 21.0. The highest BCUT2D eigenvalue weighted by Crippen LogP contribution is 2.34. The summed E-state index contributed by atoms with van der Waals surface area (Å²) in [6.45, 7) is 5.51. The van der Waals surface area contributed by atoms with E-state index in [9.17, 15) is 9.65 Å². The fraction of sp³-hybridized carbons (Fsp3) is 0.577. The molecule has 0 saturated carbocycles. The minimum Gasteiger partial charge on any atom is -0.496 e. The van der Waals surface area contributed by atoms with E-state index in [1.54, 1.807) is 19.2 Å². The van der Waals surface area contributed by atoms with Gasteiger partial charge in [0, 0.05) is 62.5 Å². The number of ether oxygens (including phenoxy) is 2. The van der Waals surface area contributed by atoms with Crippen molar-refractivity contribution in [2.75, 3.05) is 51.8 Å². The predicted octanol–water partition coefficient (Wildman–Crippen LogP) is 2.30. The van der Waals surface area contributed by atoms with Crippen molar-refractivity contribution in [2.45, 2.75) is 51.0 Å². The Balaban J connectivity index is 1.40. The monoisotopic (exact) mass is 495 g/mol. The number of nitrogens with one attached hydrogen (secondary N) is 1. The summed E-state index contributed by atoms with van der Waals surface area (Å²) in [5, 5.41) is 12.6. The van der Waals surface area contributed by atoms with E-state index in [-0.39, 0.29) is 11.9 Å². The third kappa shape index (κ3) is 5.24. The van der Waals surface area contributed by atoms with Gasteiger partial charge >= 0.3 is 6.01 Å². The summed E-state index contributed by atoms with van der Waals surface area (Å²) in [5.74, 6) is 1.13. The number of likely N-dealkylation sites (N-methyl/N-ethyl adjacent to an activating group) is 1. The Hall–Kier alpha value is -3.00. The zero-order valence-electron chi connectivity index (χ0n) is 21.0. The Morgan fingerprint density at radius 1 is 1.25 bits per heavy atom. The number of likely N-dealkylation sites (tertiary alicyclic amines) is 1. The molecule has 2 fully saturated rings. The average molecular weight is 496 g/mol. The summed E-state index contributed by atoms with van der Waals surface area (Å²) < 4.78 is 26.2. The van der Waals surface area contributed by atoms with E-state index in [1.165, 1.54) is 12.5 Å². The highest BCUT2D eigenvalue weighted by molar-refractivity contribution is 5.52. The molecule has 192 valence electrons. The molecule has 5 rings (SSSR count). The number of hydrogen-bond acceptors (Lipinski definition) is 9. The molecule has 0 bridgehead atoms. The van der Waals surface area contributed by atoms with Gasteiger partial charge in [0.25, 0.3) is 0 Å². The van der Waals surface area contributed by atoms with Gasteiger partial charge in [0.05, 0.1) is 25.3 Å². The summed E-state index contributed by atoms with van der Waals surface area (Å²) in [4.78, 5) is 16.4. The second-order valence-corrected chi connectivity index (χ2v) is 9.87. The number of fused-ring (bicyclic) bond motifs is 1. The maximum Gasteiger partial charge on any atom is 0.318 e. The van der Waals surface area contributed by atoms with Gasteiger partial charge in [-0.3, -0.25) is 4.90 Å². The normalized spacial score (nSPS) is 22.4. The molecule has 2 aromatic rings. The number of piperazine rings is 1. The second kappa shape index (κ2) is 10.9. The van der Waals surface area contributed by atoms with Crippen LogP contribution in [-0.2, 0) is 19.6 Å². The van der Waals surface area contributed by atoms with Crippen molar-refractivity contribution < 1.29 is 13.9 Å². The van der Waals surface area contributed by atoms with Crippen LogP contribution in [0.1, 0.15) is 36.1 Å². The van der Waals surface area contributed by atoms with Crippen LogP contribution in [0, 0.1) is 17.1 Å². The van der Waals surface area contributed by atoms with Gasteiger partial charge in [-0.25, -0.2) is 4.39 Å². The predicted molar refractivity (Wildman–Crippen MR) is 133 cm³/mol. The van der Waals surface area contributed by atoms with Gasteiger partial charge in [-0.2, -0.15) is 15.2 Å². The van der Waals surface area contributed by atoms with Crippen LogP contribution in [0.4, 0.5) is 10.2 Å². The highest BCUT2D eigenvalue weighted by atomic mass is 19.1.